The molecule has 2 atom stereocenters. The second-order valence-corrected chi connectivity index (χ2v) is 5.84. The molecule has 2 rings (SSSR count). The maximum Gasteiger partial charge on any atom is 0.142 e. The Bertz CT molecular complexity index is 555. The molecule has 4 heteroatoms. The number of rotatable bonds is 5. The molecule has 0 aliphatic rings. The van der Waals surface area contributed by atoms with Crippen molar-refractivity contribution in [3.05, 3.63) is 57.7 Å². The fraction of sp³-hybridized carbons (Fsp3) is 0.250. The van der Waals surface area contributed by atoms with Crippen LogP contribution < -0.4 is 15.2 Å². The third-order valence-electron chi connectivity index (χ3n) is 3.00. The Hall–Kier alpha value is -1.27. The van der Waals surface area contributed by atoms with Crippen molar-refractivity contribution in [1.82, 2.24) is 0 Å². The second kappa shape index (κ2) is 6.95. The van der Waals surface area contributed by atoms with Crippen molar-refractivity contribution < 1.29 is 9.47 Å². The minimum absolute atomic E-state index is 0.148. The van der Waals surface area contributed by atoms with Crippen LogP contribution in [0, 0.1) is 3.57 Å². The number of ether oxygens (including phenoxy) is 2. The van der Waals surface area contributed by atoms with Crippen LogP contribution >= 0.6 is 22.6 Å². The molecule has 0 aromatic heterocycles. The molecule has 0 heterocycles. The summed E-state index contributed by atoms with van der Waals surface area (Å²) in [7, 11) is 1.65. The number of hydrogen-bond donors (Lipinski definition) is 1. The number of methoxy groups -OCH3 is 1. The van der Waals surface area contributed by atoms with Gasteiger partial charge in [0.05, 0.1) is 7.11 Å². The first-order valence-corrected chi connectivity index (χ1v) is 7.50. The average molecular weight is 383 g/mol. The van der Waals surface area contributed by atoms with Crippen LogP contribution in [0.2, 0.25) is 0 Å². The molecule has 0 radical (unpaired) electrons. The van der Waals surface area contributed by atoms with Crippen molar-refractivity contribution in [3.8, 4) is 11.5 Å². The van der Waals surface area contributed by atoms with Crippen LogP contribution in [0.15, 0.2) is 48.5 Å². The van der Waals surface area contributed by atoms with Crippen molar-refractivity contribution >= 4 is 22.6 Å². The Morgan fingerprint density at radius 1 is 1.05 bits per heavy atom. The van der Waals surface area contributed by atoms with Gasteiger partial charge in [-0.15, -0.1) is 0 Å². The van der Waals surface area contributed by atoms with E-state index in [1.807, 2.05) is 55.5 Å². The van der Waals surface area contributed by atoms with E-state index in [1.165, 1.54) is 3.57 Å². The van der Waals surface area contributed by atoms with Gasteiger partial charge in [-0.05, 0) is 59.8 Å². The Balaban J connectivity index is 2.29. The Labute approximate surface area is 133 Å². The molecule has 2 aromatic rings. The smallest absolute Gasteiger partial charge is 0.142 e. The van der Waals surface area contributed by atoms with E-state index in [0.29, 0.717) is 0 Å². The molecule has 0 aliphatic carbocycles. The summed E-state index contributed by atoms with van der Waals surface area (Å²) < 4.78 is 12.6. The highest BCUT2D eigenvalue weighted by atomic mass is 127. The van der Waals surface area contributed by atoms with E-state index in [2.05, 4.69) is 22.6 Å². The normalized spacial score (nSPS) is 13.6. The van der Waals surface area contributed by atoms with E-state index in [4.69, 9.17) is 15.2 Å². The molecule has 0 fully saturated rings. The quantitative estimate of drug-likeness (QED) is 0.800. The van der Waals surface area contributed by atoms with E-state index in [9.17, 15) is 0 Å². The van der Waals surface area contributed by atoms with Crippen molar-refractivity contribution in [2.45, 2.75) is 19.1 Å². The van der Waals surface area contributed by atoms with Gasteiger partial charge in [0.25, 0.3) is 0 Å². The van der Waals surface area contributed by atoms with Gasteiger partial charge in [-0.2, -0.15) is 0 Å². The predicted octanol–water partition coefficient (Wildman–Crippen LogP) is 3.77. The first kappa shape index (κ1) is 15.1. The van der Waals surface area contributed by atoms with E-state index >= 15 is 0 Å². The summed E-state index contributed by atoms with van der Waals surface area (Å²) in [5.41, 5.74) is 7.05. The van der Waals surface area contributed by atoms with Crippen LogP contribution in [0.3, 0.4) is 0 Å². The van der Waals surface area contributed by atoms with Gasteiger partial charge < -0.3 is 15.2 Å². The van der Waals surface area contributed by atoms with Crippen LogP contribution in [0.1, 0.15) is 18.6 Å². The minimum Gasteiger partial charge on any atom is -0.496 e. The molecule has 0 aliphatic heterocycles. The van der Waals surface area contributed by atoms with Crippen LogP contribution in [-0.4, -0.2) is 13.2 Å². The first-order valence-electron chi connectivity index (χ1n) is 6.42. The topological polar surface area (TPSA) is 44.5 Å². The molecule has 20 heavy (non-hydrogen) atoms. The monoisotopic (exact) mass is 383 g/mol. The molecule has 2 unspecified atom stereocenters. The minimum atomic E-state index is -0.244. The van der Waals surface area contributed by atoms with Crippen LogP contribution in [0.5, 0.6) is 11.5 Å². The Morgan fingerprint density at radius 3 is 2.30 bits per heavy atom. The van der Waals surface area contributed by atoms with Gasteiger partial charge in [0.2, 0.25) is 0 Å². The maximum absolute atomic E-state index is 6.09. The Kier molecular flexibility index (Phi) is 5.25. The molecule has 0 bridgehead atoms. The van der Waals surface area contributed by atoms with Crippen molar-refractivity contribution in [2.24, 2.45) is 5.73 Å². The SMILES string of the molecule is COc1ccccc1C(Oc1ccc(I)cc1)C(C)N. The molecule has 2 aromatic carbocycles. The van der Waals surface area contributed by atoms with Crippen molar-refractivity contribution in [2.75, 3.05) is 7.11 Å². The number of halogens is 1. The molecule has 0 spiro atoms. The number of hydrogen-bond acceptors (Lipinski definition) is 3. The highest BCUT2D eigenvalue weighted by Crippen LogP contribution is 2.31. The third kappa shape index (κ3) is 3.64. The number of benzene rings is 2. The van der Waals surface area contributed by atoms with Gasteiger partial charge in [0.15, 0.2) is 0 Å². The average Bonchev–Trinajstić information content (AvgIpc) is 2.46. The standard InChI is InChI=1S/C16H18INO2/c1-11(18)16(14-5-3-4-6-15(14)19-2)20-13-9-7-12(17)8-10-13/h3-11,16H,18H2,1-2H3. The summed E-state index contributed by atoms with van der Waals surface area (Å²) in [5.74, 6) is 1.60. The molecular weight excluding hydrogens is 365 g/mol. The summed E-state index contributed by atoms with van der Waals surface area (Å²) in [6.45, 7) is 1.93. The van der Waals surface area contributed by atoms with Gasteiger partial charge in [0, 0.05) is 15.2 Å². The van der Waals surface area contributed by atoms with Gasteiger partial charge in [-0.1, -0.05) is 18.2 Å². The summed E-state index contributed by atoms with van der Waals surface area (Å²) >= 11 is 2.27. The summed E-state index contributed by atoms with van der Waals surface area (Å²) in [5, 5.41) is 0. The fourth-order valence-corrected chi connectivity index (χ4v) is 2.37. The number of para-hydroxylation sites is 1. The molecular formula is C16H18INO2. The molecule has 106 valence electrons. The molecule has 0 saturated carbocycles. The Morgan fingerprint density at radius 2 is 1.70 bits per heavy atom. The maximum atomic E-state index is 6.09. The summed E-state index contributed by atoms with van der Waals surface area (Å²) in [6.07, 6.45) is -0.244. The van der Waals surface area contributed by atoms with E-state index in [0.717, 1.165) is 17.1 Å². The van der Waals surface area contributed by atoms with Crippen LogP contribution in [-0.2, 0) is 0 Å². The zero-order valence-electron chi connectivity index (χ0n) is 11.5. The van der Waals surface area contributed by atoms with Gasteiger partial charge >= 0.3 is 0 Å². The van der Waals surface area contributed by atoms with Gasteiger partial charge in [-0.25, -0.2) is 0 Å². The highest BCUT2D eigenvalue weighted by molar-refractivity contribution is 14.1. The van der Waals surface area contributed by atoms with Crippen LogP contribution in [0.25, 0.3) is 0 Å². The molecule has 0 saturated heterocycles. The molecule has 0 amide bonds. The van der Waals surface area contributed by atoms with Crippen LogP contribution in [0.4, 0.5) is 0 Å². The lowest BCUT2D eigenvalue weighted by Gasteiger charge is -2.24. The molecule has 3 nitrogen and oxygen atoms in total. The fourth-order valence-electron chi connectivity index (χ4n) is 2.02. The largest absolute Gasteiger partial charge is 0.496 e. The third-order valence-corrected chi connectivity index (χ3v) is 3.72. The van der Waals surface area contributed by atoms with E-state index in [1.54, 1.807) is 7.11 Å². The summed E-state index contributed by atoms with van der Waals surface area (Å²) in [6, 6.07) is 15.6. The van der Waals surface area contributed by atoms with Gasteiger partial charge in [0.1, 0.15) is 17.6 Å². The predicted molar refractivity (Wildman–Crippen MR) is 89.2 cm³/mol. The molecule has 2 N–H and O–H groups in total. The van der Waals surface area contributed by atoms with Crippen molar-refractivity contribution in [3.63, 3.8) is 0 Å². The lowest BCUT2D eigenvalue weighted by Crippen LogP contribution is -2.29. The lowest BCUT2D eigenvalue weighted by atomic mass is 10.0. The van der Waals surface area contributed by atoms with Crippen molar-refractivity contribution in [1.29, 1.82) is 0 Å². The van der Waals surface area contributed by atoms with Gasteiger partial charge in [-0.3, -0.25) is 0 Å². The zero-order valence-corrected chi connectivity index (χ0v) is 13.7. The first-order chi connectivity index (χ1) is 9.61. The second-order valence-electron chi connectivity index (χ2n) is 4.59. The number of nitrogens with two attached hydrogens (primary N) is 1. The van der Waals surface area contributed by atoms with E-state index in [-0.39, 0.29) is 12.1 Å². The summed E-state index contributed by atoms with van der Waals surface area (Å²) in [4.78, 5) is 0. The van der Waals surface area contributed by atoms with E-state index < -0.39 is 0 Å². The lowest BCUT2D eigenvalue weighted by molar-refractivity contribution is 0.176. The zero-order chi connectivity index (χ0) is 14.5. The highest BCUT2D eigenvalue weighted by Gasteiger charge is 2.21.